The number of benzene rings is 9. The van der Waals surface area contributed by atoms with Gasteiger partial charge < -0.3 is 0 Å². The molecule has 11 rings (SSSR count). The van der Waals surface area contributed by atoms with E-state index in [0.29, 0.717) is 23.0 Å². The molecular weight excluding hydrogens is 741 g/mol. The average Bonchev–Trinajstić information content (AvgIpc) is 3.65. The van der Waals surface area contributed by atoms with Gasteiger partial charge in [-0.25, -0.2) is 15.0 Å². The minimum Gasteiger partial charge on any atom is -0.208 e. The summed E-state index contributed by atoms with van der Waals surface area (Å²) in [5.41, 5.74) is 14.5. The molecule has 0 spiro atoms. The van der Waals surface area contributed by atoms with E-state index in [0.717, 1.165) is 49.7 Å². The van der Waals surface area contributed by atoms with Gasteiger partial charge in [0.1, 0.15) is 0 Å². The second kappa shape index (κ2) is 14.8. The molecule has 1 aliphatic carbocycles. The van der Waals surface area contributed by atoms with Crippen molar-refractivity contribution in [3.8, 4) is 73.6 Å². The molecule has 9 aromatic carbocycles. The first-order valence-corrected chi connectivity index (χ1v) is 20.5. The number of rotatable bonds is 7. The van der Waals surface area contributed by atoms with Crippen LogP contribution in [0.5, 0.6) is 0 Å². The quantitative estimate of drug-likeness (QED) is 0.162. The maximum atomic E-state index is 10.2. The molecule has 0 N–H and O–H groups in total. The number of fused-ring (bicyclic) bond motifs is 4. The third kappa shape index (κ3) is 5.86. The van der Waals surface area contributed by atoms with Crippen LogP contribution in [0, 0.1) is 11.3 Å². The molecule has 10 aromatic rings. The van der Waals surface area contributed by atoms with E-state index < -0.39 is 5.41 Å². The first-order chi connectivity index (χ1) is 30.2. The molecule has 284 valence electrons. The van der Waals surface area contributed by atoms with Gasteiger partial charge in [0.25, 0.3) is 0 Å². The highest BCUT2D eigenvalue weighted by Gasteiger charge is 2.47. The molecule has 1 aromatic heterocycles. The Kier molecular flexibility index (Phi) is 8.73. The Morgan fingerprint density at radius 1 is 0.328 bits per heavy atom. The van der Waals surface area contributed by atoms with Crippen molar-refractivity contribution >= 4 is 10.8 Å². The number of nitriles is 1. The Labute approximate surface area is 354 Å². The highest BCUT2D eigenvalue weighted by Crippen LogP contribution is 2.60. The third-order valence-electron chi connectivity index (χ3n) is 12.1. The van der Waals surface area contributed by atoms with E-state index in [9.17, 15) is 5.26 Å². The van der Waals surface area contributed by atoms with Crippen LogP contribution in [0.3, 0.4) is 0 Å². The van der Waals surface area contributed by atoms with E-state index in [2.05, 4.69) is 146 Å². The Balaban J connectivity index is 1.18. The van der Waals surface area contributed by atoms with Crippen LogP contribution in [-0.4, -0.2) is 15.0 Å². The zero-order valence-corrected chi connectivity index (χ0v) is 33.1. The first-order valence-electron chi connectivity index (χ1n) is 20.5. The summed E-state index contributed by atoms with van der Waals surface area (Å²) in [7, 11) is 0. The highest BCUT2D eigenvalue weighted by atomic mass is 15.0. The van der Waals surface area contributed by atoms with Crippen molar-refractivity contribution in [3.05, 3.63) is 246 Å². The van der Waals surface area contributed by atoms with Gasteiger partial charge in [0.15, 0.2) is 17.5 Å². The van der Waals surface area contributed by atoms with Crippen LogP contribution >= 0.6 is 0 Å². The Morgan fingerprint density at radius 2 is 0.787 bits per heavy atom. The summed E-state index contributed by atoms with van der Waals surface area (Å²) < 4.78 is 0. The summed E-state index contributed by atoms with van der Waals surface area (Å²) in [6.45, 7) is 0. The van der Waals surface area contributed by atoms with Gasteiger partial charge in [-0.15, -0.1) is 0 Å². The molecule has 0 atom stereocenters. The van der Waals surface area contributed by atoms with E-state index in [1.165, 1.54) is 33.4 Å². The lowest BCUT2D eigenvalue weighted by Gasteiger charge is -2.34. The molecule has 0 bridgehead atoms. The fourth-order valence-corrected chi connectivity index (χ4v) is 9.41. The standard InChI is InChI=1S/C57H36N4/c58-37-42-33-34-47(46-26-14-13-25-45(42)46)48-35-36-51-53(49-27-15-16-28-50(49)57(51,43-21-9-3-10-22-43)44-23-11-4-12-24-44)52(48)38-29-31-41(32-30-38)56-60-54(39-17-5-1-6-18-39)59-55(61-56)40-19-7-2-8-20-40/h1-36H. The summed E-state index contributed by atoms with van der Waals surface area (Å²) in [6.07, 6.45) is 0. The Bertz CT molecular complexity index is 3190. The van der Waals surface area contributed by atoms with Crippen molar-refractivity contribution in [3.63, 3.8) is 0 Å². The number of aromatic nitrogens is 3. The molecule has 1 heterocycles. The van der Waals surface area contributed by atoms with E-state index >= 15 is 0 Å². The van der Waals surface area contributed by atoms with Crippen molar-refractivity contribution in [1.82, 2.24) is 15.0 Å². The van der Waals surface area contributed by atoms with Crippen molar-refractivity contribution in [2.75, 3.05) is 0 Å². The lowest BCUT2D eigenvalue weighted by atomic mass is 9.67. The van der Waals surface area contributed by atoms with Gasteiger partial charge in [-0.3, -0.25) is 0 Å². The highest BCUT2D eigenvalue weighted by molar-refractivity contribution is 6.08. The maximum Gasteiger partial charge on any atom is 0.164 e. The lowest BCUT2D eigenvalue weighted by molar-refractivity contribution is 0.768. The molecule has 0 saturated carbocycles. The number of hydrogen-bond donors (Lipinski definition) is 0. The molecule has 4 heteroatoms. The minimum absolute atomic E-state index is 0.568. The molecule has 1 aliphatic rings. The first kappa shape index (κ1) is 35.9. The molecule has 0 aliphatic heterocycles. The van der Waals surface area contributed by atoms with Gasteiger partial charge in [0.05, 0.1) is 17.0 Å². The maximum absolute atomic E-state index is 10.2. The van der Waals surface area contributed by atoms with Crippen LogP contribution in [0.15, 0.2) is 218 Å². The van der Waals surface area contributed by atoms with Gasteiger partial charge >= 0.3 is 0 Å². The van der Waals surface area contributed by atoms with E-state index in [4.69, 9.17) is 15.0 Å². The number of nitrogens with zero attached hydrogens (tertiary/aromatic N) is 4. The van der Waals surface area contributed by atoms with E-state index in [1.54, 1.807) is 0 Å². The topological polar surface area (TPSA) is 62.5 Å². The monoisotopic (exact) mass is 776 g/mol. The van der Waals surface area contributed by atoms with Crippen LogP contribution in [-0.2, 0) is 5.41 Å². The Morgan fingerprint density at radius 3 is 1.36 bits per heavy atom. The van der Waals surface area contributed by atoms with Crippen molar-refractivity contribution in [2.24, 2.45) is 0 Å². The minimum atomic E-state index is -0.568. The molecule has 0 unspecified atom stereocenters. The van der Waals surface area contributed by atoms with Gasteiger partial charge in [-0.1, -0.05) is 212 Å². The second-order valence-corrected chi connectivity index (χ2v) is 15.4. The fraction of sp³-hybridized carbons (Fsp3) is 0.0175. The van der Waals surface area contributed by atoms with Gasteiger partial charge in [-0.05, 0) is 67.1 Å². The summed E-state index contributed by atoms with van der Waals surface area (Å²) >= 11 is 0. The largest absolute Gasteiger partial charge is 0.208 e. The molecule has 0 saturated heterocycles. The fourth-order valence-electron chi connectivity index (χ4n) is 9.41. The van der Waals surface area contributed by atoms with E-state index in [-0.39, 0.29) is 0 Å². The average molecular weight is 777 g/mol. The summed E-state index contributed by atoms with van der Waals surface area (Å²) in [4.78, 5) is 15.0. The van der Waals surface area contributed by atoms with Gasteiger partial charge in [-0.2, -0.15) is 5.26 Å². The molecule has 0 amide bonds. The van der Waals surface area contributed by atoms with Crippen LogP contribution in [0.4, 0.5) is 0 Å². The smallest absolute Gasteiger partial charge is 0.164 e. The molecular formula is C57H36N4. The lowest BCUT2D eigenvalue weighted by Crippen LogP contribution is -2.28. The van der Waals surface area contributed by atoms with Crippen LogP contribution in [0.25, 0.3) is 78.3 Å². The summed E-state index contributed by atoms with van der Waals surface area (Å²) in [5, 5.41) is 12.1. The van der Waals surface area contributed by atoms with E-state index in [1.807, 2.05) is 78.9 Å². The second-order valence-electron chi connectivity index (χ2n) is 15.4. The molecule has 4 nitrogen and oxygen atoms in total. The molecule has 61 heavy (non-hydrogen) atoms. The predicted molar refractivity (Wildman–Crippen MR) is 247 cm³/mol. The predicted octanol–water partition coefficient (Wildman–Crippen LogP) is 13.6. The van der Waals surface area contributed by atoms with Crippen LogP contribution in [0.2, 0.25) is 0 Å². The number of hydrogen-bond acceptors (Lipinski definition) is 4. The van der Waals surface area contributed by atoms with Crippen molar-refractivity contribution in [1.29, 1.82) is 5.26 Å². The summed E-state index contributed by atoms with van der Waals surface area (Å²) in [6, 6.07) is 78.9. The Hall–Kier alpha value is -8.26. The van der Waals surface area contributed by atoms with Gasteiger partial charge in [0.2, 0.25) is 0 Å². The third-order valence-corrected chi connectivity index (χ3v) is 12.1. The van der Waals surface area contributed by atoms with Crippen LogP contribution < -0.4 is 0 Å². The molecule has 0 radical (unpaired) electrons. The van der Waals surface area contributed by atoms with Crippen LogP contribution in [0.1, 0.15) is 27.8 Å². The van der Waals surface area contributed by atoms with Crippen molar-refractivity contribution in [2.45, 2.75) is 5.41 Å². The zero-order chi connectivity index (χ0) is 40.8. The van der Waals surface area contributed by atoms with Gasteiger partial charge in [0, 0.05) is 22.1 Å². The molecule has 0 fully saturated rings. The SMILES string of the molecule is N#Cc1ccc(-c2ccc3c(c2-c2ccc(-c4nc(-c5ccccc5)nc(-c5ccccc5)n4)cc2)-c2ccccc2C3(c2ccccc2)c2ccccc2)c2ccccc12. The zero-order valence-electron chi connectivity index (χ0n) is 33.1. The normalized spacial score (nSPS) is 12.4. The summed E-state index contributed by atoms with van der Waals surface area (Å²) in [5.74, 6) is 1.85. The van der Waals surface area contributed by atoms with Crippen molar-refractivity contribution < 1.29 is 0 Å².